The molecule has 0 heterocycles. The highest BCUT2D eigenvalue weighted by atomic mass is 16.5. The zero-order valence-electron chi connectivity index (χ0n) is 21.4. The highest BCUT2D eigenvalue weighted by molar-refractivity contribution is 6.00. The molecule has 0 aliphatic rings. The maximum Gasteiger partial charge on any atom is 0.303 e. The average Bonchev–Trinajstić information content (AvgIpc) is 2.86. The number of fused-ring (bicyclic) bond motifs is 2. The SMILES string of the molecule is CCCCCCC(CC=CCCCCCCCC(=O)O)Oc1cccc2cc3ccccc3cc12. The van der Waals surface area contributed by atoms with E-state index >= 15 is 0 Å². The lowest BCUT2D eigenvalue weighted by atomic mass is 10.0. The van der Waals surface area contributed by atoms with Gasteiger partial charge in [0.2, 0.25) is 0 Å². The van der Waals surface area contributed by atoms with E-state index in [1.54, 1.807) is 0 Å². The number of carboxylic acid groups (broad SMARTS) is 1. The monoisotopic (exact) mass is 474 g/mol. The molecule has 0 aliphatic heterocycles. The molecule has 188 valence electrons. The molecule has 3 rings (SSSR count). The fourth-order valence-corrected chi connectivity index (χ4v) is 4.68. The molecule has 0 amide bonds. The van der Waals surface area contributed by atoms with Crippen molar-refractivity contribution in [1.29, 1.82) is 0 Å². The number of allylic oxidation sites excluding steroid dienone is 1. The molecule has 0 saturated carbocycles. The van der Waals surface area contributed by atoms with Gasteiger partial charge in [0, 0.05) is 18.2 Å². The van der Waals surface area contributed by atoms with E-state index in [9.17, 15) is 4.79 Å². The van der Waals surface area contributed by atoms with Crippen molar-refractivity contribution >= 4 is 27.5 Å². The van der Waals surface area contributed by atoms with E-state index in [1.165, 1.54) is 60.1 Å². The predicted molar refractivity (Wildman–Crippen MR) is 148 cm³/mol. The first-order valence-corrected chi connectivity index (χ1v) is 13.6. The average molecular weight is 475 g/mol. The van der Waals surface area contributed by atoms with Crippen molar-refractivity contribution in [2.75, 3.05) is 0 Å². The van der Waals surface area contributed by atoms with E-state index in [0.29, 0.717) is 6.42 Å². The van der Waals surface area contributed by atoms with Crippen LogP contribution in [0, 0.1) is 0 Å². The molecule has 0 radical (unpaired) electrons. The molecule has 0 aromatic heterocycles. The number of rotatable bonds is 17. The van der Waals surface area contributed by atoms with Gasteiger partial charge >= 0.3 is 5.97 Å². The fraction of sp³-hybridized carbons (Fsp3) is 0.469. The molecule has 0 bridgehead atoms. The molecule has 0 saturated heterocycles. The van der Waals surface area contributed by atoms with Crippen LogP contribution in [0.4, 0.5) is 0 Å². The third-order valence-corrected chi connectivity index (χ3v) is 6.71. The summed E-state index contributed by atoms with van der Waals surface area (Å²) in [5.41, 5.74) is 0. The Bertz CT molecular complexity index is 1070. The Morgan fingerprint density at radius 2 is 1.54 bits per heavy atom. The summed E-state index contributed by atoms with van der Waals surface area (Å²) in [6, 6.07) is 19.4. The number of carbonyl (C=O) groups is 1. The molecular weight excluding hydrogens is 432 g/mol. The second-order valence-corrected chi connectivity index (χ2v) is 9.67. The first-order chi connectivity index (χ1) is 17.2. The third kappa shape index (κ3) is 9.39. The molecule has 0 spiro atoms. The van der Waals surface area contributed by atoms with E-state index in [-0.39, 0.29) is 6.10 Å². The smallest absolute Gasteiger partial charge is 0.303 e. The van der Waals surface area contributed by atoms with Crippen molar-refractivity contribution in [3.05, 3.63) is 66.7 Å². The fourth-order valence-electron chi connectivity index (χ4n) is 4.68. The van der Waals surface area contributed by atoms with E-state index in [1.807, 2.05) is 0 Å². The van der Waals surface area contributed by atoms with Gasteiger partial charge < -0.3 is 9.84 Å². The van der Waals surface area contributed by atoms with Crippen molar-refractivity contribution < 1.29 is 14.6 Å². The lowest BCUT2D eigenvalue weighted by Crippen LogP contribution is -2.16. The van der Waals surface area contributed by atoms with Gasteiger partial charge in [-0.1, -0.05) is 94.0 Å². The van der Waals surface area contributed by atoms with Crippen LogP contribution < -0.4 is 4.74 Å². The predicted octanol–water partition coefficient (Wildman–Crippen LogP) is 9.47. The highest BCUT2D eigenvalue weighted by Gasteiger charge is 2.12. The Kier molecular flexibility index (Phi) is 11.7. The number of aliphatic carboxylic acids is 1. The Morgan fingerprint density at radius 3 is 2.34 bits per heavy atom. The van der Waals surface area contributed by atoms with Gasteiger partial charge in [0.15, 0.2) is 0 Å². The summed E-state index contributed by atoms with van der Waals surface area (Å²) in [6.07, 6.45) is 18.5. The highest BCUT2D eigenvalue weighted by Crippen LogP contribution is 2.31. The molecule has 3 heteroatoms. The second kappa shape index (κ2) is 15.2. The zero-order valence-corrected chi connectivity index (χ0v) is 21.4. The number of ether oxygens (including phenoxy) is 1. The normalized spacial score (nSPS) is 12.5. The van der Waals surface area contributed by atoms with Crippen LogP contribution in [-0.4, -0.2) is 17.2 Å². The van der Waals surface area contributed by atoms with Crippen molar-refractivity contribution in [2.24, 2.45) is 0 Å². The van der Waals surface area contributed by atoms with E-state index in [0.717, 1.165) is 44.3 Å². The lowest BCUT2D eigenvalue weighted by Gasteiger charge is -2.19. The third-order valence-electron chi connectivity index (χ3n) is 6.71. The largest absolute Gasteiger partial charge is 0.489 e. The molecule has 35 heavy (non-hydrogen) atoms. The summed E-state index contributed by atoms with van der Waals surface area (Å²) < 4.78 is 6.65. The Morgan fingerprint density at radius 1 is 0.829 bits per heavy atom. The lowest BCUT2D eigenvalue weighted by molar-refractivity contribution is -0.137. The summed E-state index contributed by atoms with van der Waals surface area (Å²) in [5, 5.41) is 13.6. The van der Waals surface area contributed by atoms with Crippen molar-refractivity contribution in [2.45, 2.75) is 96.5 Å². The molecule has 0 aliphatic carbocycles. The van der Waals surface area contributed by atoms with Gasteiger partial charge in [-0.15, -0.1) is 0 Å². The number of benzene rings is 3. The van der Waals surface area contributed by atoms with Crippen LogP contribution >= 0.6 is 0 Å². The Hall–Kier alpha value is -2.81. The topological polar surface area (TPSA) is 46.5 Å². The van der Waals surface area contributed by atoms with Gasteiger partial charge in [-0.3, -0.25) is 4.79 Å². The minimum absolute atomic E-state index is 0.191. The van der Waals surface area contributed by atoms with Crippen molar-refractivity contribution in [3.63, 3.8) is 0 Å². The molecular formula is C32H42O3. The number of unbranched alkanes of at least 4 members (excludes halogenated alkanes) is 8. The summed E-state index contributed by atoms with van der Waals surface area (Å²) in [5.74, 6) is 0.305. The Labute approximate surface area is 211 Å². The second-order valence-electron chi connectivity index (χ2n) is 9.67. The van der Waals surface area contributed by atoms with Gasteiger partial charge in [0.05, 0.1) is 0 Å². The molecule has 1 atom stereocenters. The maximum absolute atomic E-state index is 10.6. The van der Waals surface area contributed by atoms with Gasteiger partial charge in [0.1, 0.15) is 11.9 Å². The van der Waals surface area contributed by atoms with E-state index in [2.05, 4.69) is 73.7 Å². The molecule has 1 unspecified atom stereocenters. The van der Waals surface area contributed by atoms with Gasteiger partial charge in [-0.2, -0.15) is 0 Å². The van der Waals surface area contributed by atoms with E-state index < -0.39 is 5.97 Å². The summed E-state index contributed by atoms with van der Waals surface area (Å²) in [6.45, 7) is 2.25. The quantitative estimate of drug-likeness (QED) is 0.120. The summed E-state index contributed by atoms with van der Waals surface area (Å²) in [7, 11) is 0. The van der Waals surface area contributed by atoms with Crippen LogP contribution in [-0.2, 0) is 4.79 Å². The Balaban J connectivity index is 1.56. The van der Waals surface area contributed by atoms with Gasteiger partial charge in [-0.25, -0.2) is 0 Å². The van der Waals surface area contributed by atoms with Crippen LogP contribution in [0.2, 0.25) is 0 Å². The van der Waals surface area contributed by atoms with Crippen LogP contribution in [0.1, 0.15) is 90.4 Å². The van der Waals surface area contributed by atoms with Crippen LogP contribution in [0.3, 0.4) is 0 Å². The van der Waals surface area contributed by atoms with Crippen molar-refractivity contribution in [3.8, 4) is 5.75 Å². The summed E-state index contributed by atoms with van der Waals surface area (Å²) >= 11 is 0. The molecule has 3 aromatic carbocycles. The minimum atomic E-state index is -0.684. The molecule has 3 aromatic rings. The zero-order chi connectivity index (χ0) is 24.7. The van der Waals surface area contributed by atoms with E-state index in [4.69, 9.17) is 9.84 Å². The molecule has 1 N–H and O–H groups in total. The van der Waals surface area contributed by atoms with Crippen LogP contribution in [0.5, 0.6) is 5.75 Å². The van der Waals surface area contributed by atoms with Crippen LogP contribution in [0.25, 0.3) is 21.5 Å². The number of hydrogen-bond donors (Lipinski definition) is 1. The first-order valence-electron chi connectivity index (χ1n) is 13.6. The standard InChI is InChI=1S/C32H42O3/c1-2-3-4-11-20-29(21-12-9-7-5-6-8-10-13-23-32(33)34)35-31-22-16-19-28-24-26-17-14-15-18-27(26)25-30(28)31/h9,12,14-19,22,24-25,29H,2-8,10-11,13,20-21,23H2,1H3,(H,33,34). The number of hydrogen-bond acceptors (Lipinski definition) is 2. The van der Waals surface area contributed by atoms with Crippen LogP contribution in [0.15, 0.2) is 66.7 Å². The number of carboxylic acids is 1. The summed E-state index contributed by atoms with van der Waals surface area (Å²) in [4.78, 5) is 10.6. The van der Waals surface area contributed by atoms with Gasteiger partial charge in [-0.05, 0) is 66.5 Å². The first kappa shape index (κ1) is 26.8. The minimum Gasteiger partial charge on any atom is -0.489 e. The van der Waals surface area contributed by atoms with Gasteiger partial charge in [0.25, 0.3) is 0 Å². The molecule has 0 fully saturated rings. The van der Waals surface area contributed by atoms with Crippen molar-refractivity contribution in [1.82, 2.24) is 0 Å². The maximum atomic E-state index is 10.6. The molecule has 3 nitrogen and oxygen atoms in total.